The van der Waals surface area contributed by atoms with E-state index >= 15 is 0 Å². The maximum atomic E-state index is 11.3. The number of hydrogen-bond donors (Lipinski definition) is 0. The first-order valence-corrected chi connectivity index (χ1v) is 7.16. The summed E-state index contributed by atoms with van der Waals surface area (Å²) in [7, 11) is 2.04. The summed E-state index contributed by atoms with van der Waals surface area (Å²) in [6.07, 6.45) is 0. The van der Waals surface area contributed by atoms with Gasteiger partial charge in [-0.15, -0.1) is 11.6 Å². The first kappa shape index (κ1) is 13.3. The second-order valence-electron chi connectivity index (χ2n) is 5.18. The smallest absolute Gasteiger partial charge is 0.308 e. The third kappa shape index (κ3) is 2.02. The average Bonchev–Trinajstić information content (AvgIpc) is 2.75. The first-order valence-electron chi connectivity index (χ1n) is 6.63. The largest absolute Gasteiger partial charge is 0.426 e. The Morgan fingerprint density at radius 2 is 2.10 bits per heavy atom. The number of likely N-dealkylation sites (N-methyl/N-ethyl adjacent to an activating group) is 1. The molecule has 0 aromatic heterocycles. The molecule has 3 nitrogen and oxygen atoms in total. The predicted octanol–water partition coefficient (Wildman–Crippen LogP) is 3.54. The molecule has 4 heteroatoms. The average molecular weight is 290 g/mol. The van der Waals surface area contributed by atoms with Gasteiger partial charge in [-0.2, -0.15) is 0 Å². The van der Waals surface area contributed by atoms with E-state index in [1.54, 1.807) is 0 Å². The van der Waals surface area contributed by atoms with Crippen molar-refractivity contribution in [3.8, 4) is 5.75 Å². The Labute approximate surface area is 123 Å². The minimum absolute atomic E-state index is 0.301. The molecule has 0 bridgehead atoms. The highest BCUT2D eigenvalue weighted by Gasteiger charge is 2.29. The van der Waals surface area contributed by atoms with Crippen LogP contribution in [0, 0.1) is 0 Å². The molecule has 1 aliphatic heterocycles. The van der Waals surface area contributed by atoms with Crippen molar-refractivity contribution in [2.75, 3.05) is 24.4 Å². The maximum absolute atomic E-state index is 11.3. The Morgan fingerprint density at radius 3 is 2.75 bits per heavy atom. The molecule has 1 atom stereocenters. The fraction of sp³-hybridized carbons (Fsp3) is 0.312. The lowest BCUT2D eigenvalue weighted by Crippen LogP contribution is -2.15. The second-order valence-corrected chi connectivity index (χ2v) is 5.49. The van der Waals surface area contributed by atoms with Gasteiger partial charge in [-0.05, 0) is 10.9 Å². The van der Waals surface area contributed by atoms with Crippen LogP contribution in [0.5, 0.6) is 5.75 Å². The molecule has 0 aliphatic carbocycles. The van der Waals surface area contributed by atoms with Crippen LogP contribution in [0.15, 0.2) is 30.3 Å². The molecule has 3 rings (SSSR count). The molecular weight excluding hydrogens is 274 g/mol. The Kier molecular flexibility index (Phi) is 3.30. The SMILES string of the molecule is CC(=O)Oc1cc2c(c3ccccc13)C(CCl)CN2C. The van der Waals surface area contributed by atoms with E-state index in [-0.39, 0.29) is 5.97 Å². The van der Waals surface area contributed by atoms with Gasteiger partial charge >= 0.3 is 5.97 Å². The normalized spacial score (nSPS) is 17.4. The number of carbonyl (C=O) groups is 1. The van der Waals surface area contributed by atoms with Crippen LogP contribution < -0.4 is 9.64 Å². The number of alkyl halides is 1. The van der Waals surface area contributed by atoms with Gasteiger partial charge in [0.25, 0.3) is 0 Å². The zero-order valence-electron chi connectivity index (χ0n) is 11.5. The highest BCUT2D eigenvalue weighted by atomic mass is 35.5. The molecule has 1 heterocycles. The van der Waals surface area contributed by atoms with Gasteiger partial charge in [-0.3, -0.25) is 4.79 Å². The summed E-state index contributed by atoms with van der Waals surface area (Å²) in [6.45, 7) is 2.32. The van der Waals surface area contributed by atoms with E-state index in [0.717, 1.165) is 23.0 Å². The van der Waals surface area contributed by atoms with Gasteiger partial charge in [-0.25, -0.2) is 0 Å². The Bertz CT molecular complexity index is 683. The van der Waals surface area contributed by atoms with Crippen molar-refractivity contribution in [1.29, 1.82) is 0 Å². The van der Waals surface area contributed by atoms with Crippen LogP contribution in [0.1, 0.15) is 18.4 Å². The standard InChI is InChI=1S/C16H16ClNO2/c1-10(19)20-15-7-14-16(11(8-17)9-18(14)2)13-6-4-3-5-12(13)15/h3-7,11H,8-9H2,1-2H3. The van der Waals surface area contributed by atoms with Crippen molar-refractivity contribution in [3.63, 3.8) is 0 Å². The van der Waals surface area contributed by atoms with E-state index in [4.69, 9.17) is 16.3 Å². The molecule has 0 saturated carbocycles. The number of fused-ring (bicyclic) bond motifs is 3. The van der Waals surface area contributed by atoms with Crippen molar-refractivity contribution in [2.24, 2.45) is 0 Å². The summed E-state index contributed by atoms with van der Waals surface area (Å²) in [5.74, 6) is 1.22. The molecule has 0 fully saturated rings. The number of carbonyl (C=O) groups excluding carboxylic acids is 1. The van der Waals surface area contributed by atoms with Crippen molar-refractivity contribution in [2.45, 2.75) is 12.8 Å². The molecule has 0 N–H and O–H groups in total. The van der Waals surface area contributed by atoms with Gasteiger partial charge in [0.1, 0.15) is 5.75 Å². The van der Waals surface area contributed by atoms with Gasteiger partial charge in [0.05, 0.1) is 0 Å². The lowest BCUT2D eigenvalue weighted by atomic mass is 9.95. The lowest BCUT2D eigenvalue weighted by molar-refractivity contribution is -0.131. The summed E-state index contributed by atoms with van der Waals surface area (Å²) < 4.78 is 5.37. The summed E-state index contributed by atoms with van der Waals surface area (Å²) in [6, 6.07) is 9.96. The van der Waals surface area contributed by atoms with Crippen LogP contribution in [0.4, 0.5) is 5.69 Å². The highest BCUT2D eigenvalue weighted by molar-refractivity contribution is 6.18. The summed E-state index contributed by atoms with van der Waals surface area (Å²) in [5, 5.41) is 2.09. The molecule has 0 saturated heterocycles. The molecule has 0 amide bonds. The molecule has 1 aliphatic rings. The molecule has 0 spiro atoms. The third-order valence-corrected chi connectivity index (χ3v) is 4.15. The molecule has 104 valence electrons. The second kappa shape index (κ2) is 4.98. The Morgan fingerprint density at radius 1 is 1.40 bits per heavy atom. The number of nitrogens with zero attached hydrogens (tertiary/aromatic N) is 1. The zero-order valence-corrected chi connectivity index (χ0v) is 12.3. The van der Waals surface area contributed by atoms with Gasteiger partial charge in [0, 0.05) is 49.5 Å². The van der Waals surface area contributed by atoms with Crippen molar-refractivity contribution in [1.82, 2.24) is 0 Å². The van der Waals surface area contributed by atoms with Crippen LogP contribution in [0.25, 0.3) is 10.8 Å². The zero-order chi connectivity index (χ0) is 14.3. The number of anilines is 1. The minimum atomic E-state index is -0.301. The lowest BCUT2D eigenvalue weighted by Gasteiger charge is -2.15. The number of esters is 1. The third-order valence-electron chi connectivity index (χ3n) is 3.78. The quantitative estimate of drug-likeness (QED) is 0.481. The number of rotatable bonds is 2. The number of hydrogen-bond acceptors (Lipinski definition) is 3. The van der Waals surface area contributed by atoms with Crippen molar-refractivity contribution in [3.05, 3.63) is 35.9 Å². The fourth-order valence-corrected chi connectivity index (χ4v) is 3.23. The Hall–Kier alpha value is -1.74. The van der Waals surface area contributed by atoms with Gasteiger partial charge < -0.3 is 9.64 Å². The van der Waals surface area contributed by atoms with Crippen LogP contribution >= 0.6 is 11.6 Å². The van der Waals surface area contributed by atoms with Gasteiger partial charge in [-0.1, -0.05) is 24.3 Å². The predicted molar refractivity (Wildman–Crippen MR) is 82.0 cm³/mol. The summed E-state index contributed by atoms with van der Waals surface area (Å²) >= 11 is 6.11. The molecule has 0 radical (unpaired) electrons. The minimum Gasteiger partial charge on any atom is -0.426 e. The maximum Gasteiger partial charge on any atom is 0.308 e. The van der Waals surface area contributed by atoms with Crippen LogP contribution in [-0.4, -0.2) is 25.4 Å². The van der Waals surface area contributed by atoms with Gasteiger partial charge in [0.2, 0.25) is 0 Å². The van der Waals surface area contributed by atoms with Crippen molar-refractivity contribution < 1.29 is 9.53 Å². The number of halogens is 1. The molecule has 1 unspecified atom stereocenters. The first-order chi connectivity index (χ1) is 9.61. The van der Waals surface area contributed by atoms with E-state index < -0.39 is 0 Å². The number of ether oxygens (including phenoxy) is 1. The Balaban J connectivity index is 2.30. The highest BCUT2D eigenvalue weighted by Crippen LogP contribution is 2.44. The molecule has 2 aromatic rings. The summed E-state index contributed by atoms with van der Waals surface area (Å²) in [4.78, 5) is 13.5. The van der Waals surface area contributed by atoms with Crippen LogP contribution in [0.2, 0.25) is 0 Å². The summed E-state index contributed by atoms with van der Waals surface area (Å²) in [5.41, 5.74) is 2.36. The van der Waals surface area contributed by atoms with E-state index in [2.05, 4.69) is 11.0 Å². The monoisotopic (exact) mass is 289 g/mol. The molecular formula is C16H16ClNO2. The van der Waals surface area contributed by atoms with E-state index in [0.29, 0.717) is 17.5 Å². The van der Waals surface area contributed by atoms with E-state index in [9.17, 15) is 4.79 Å². The van der Waals surface area contributed by atoms with Gasteiger partial charge in [0.15, 0.2) is 0 Å². The van der Waals surface area contributed by atoms with Crippen LogP contribution in [-0.2, 0) is 4.79 Å². The number of benzene rings is 2. The fourth-order valence-electron chi connectivity index (χ4n) is 2.98. The van der Waals surface area contributed by atoms with E-state index in [1.165, 1.54) is 12.5 Å². The van der Waals surface area contributed by atoms with E-state index in [1.807, 2.05) is 31.3 Å². The van der Waals surface area contributed by atoms with Crippen LogP contribution in [0.3, 0.4) is 0 Å². The van der Waals surface area contributed by atoms with Crippen molar-refractivity contribution >= 4 is 34.0 Å². The molecule has 20 heavy (non-hydrogen) atoms. The topological polar surface area (TPSA) is 29.5 Å². The molecule has 2 aromatic carbocycles.